The molecule has 0 unspecified atom stereocenters. The Labute approximate surface area is 154 Å². The van der Waals surface area contributed by atoms with E-state index in [4.69, 9.17) is 5.73 Å². The van der Waals surface area contributed by atoms with Gasteiger partial charge in [-0.1, -0.05) is 103 Å². The maximum absolute atomic E-state index is 5.48. The number of nitrogens with one attached hydrogen (secondary N) is 1. The van der Waals surface area contributed by atoms with Crippen molar-refractivity contribution >= 4 is 12.4 Å². The summed E-state index contributed by atoms with van der Waals surface area (Å²) in [6.45, 7) is 3.16. The lowest BCUT2D eigenvalue weighted by atomic mass is 10.0. The van der Waals surface area contributed by atoms with Gasteiger partial charge in [0.05, 0.1) is 0 Å². The first-order valence-electron chi connectivity index (χ1n) is 10.1. The van der Waals surface area contributed by atoms with Gasteiger partial charge in [-0.05, 0) is 27.1 Å². The van der Waals surface area contributed by atoms with Crippen LogP contribution in [0.15, 0.2) is 0 Å². The molecule has 0 heterocycles. The molecule has 0 aromatic rings. The normalized spacial score (nSPS) is 9.91. The van der Waals surface area contributed by atoms with Crippen molar-refractivity contribution in [2.45, 2.75) is 110 Å². The van der Waals surface area contributed by atoms with E-state index in [0.29, 0.717) is 0 Å². The monoisotopic (exact) mass is 350 g/mol. The van der Waals surface area contributed by atoms with Gasteiger partial charge in [0.15, 0.2) is 0 Å². The average molecular weight is 351 g/mol. The van der Waals surface area contributed by atoms with Gasteiger partial charge in [-0.25, -0.2) is 0 Å². The molecule has 0 bridgehead atoms. The van der Waals surface area contributed by atoms with Crippen molar-refractivity contribution in [3.63, 3.8) is 0 Å². The van der Waals surface area contributed by atoms with E-state index in [1.807, 2.05) is 14.1 Å². The summed E-state index contributed by atoms with van der Waals surface area (Å²) in [5.74, 6) is 0. The Hall–Kier alpha value is 0.210. The number of hydrogen-bond donors (Lipinski definition) is 2. The first kappa shape index (κ1) is 28.0. The van der Waals surface area contributed by atoms with E-state index in [-0.39, 0.29) is 12.4 Å². The smallest absolute Gasteiger partial charge is 0.00773 e. The first-order chi connectivity index (χ1) is 10.8. The largest absolute Gasteiger partial charge is 0.330 e. The van der Waals surface area contributed by atoms with Gasteiger partial charge in [0, 0.05) is 0 Å². The van der Waals surface area contributed by atoms with Crippen molar-refractivity contribution in [1.82, 2.24) is 5.32 Å². The second kappa shape index (κ2) is 30.1. The molecule has 0 spiro atoms. The fourth-order valence-corrected chi connectivity index (χ4v) is 2.69. The molecule has 144 valence electrons. The van der Waals surface area contributed by atoms with Crippen LogP contribution in [-0.2, 0) is 0 Å². The zero-order chi connectivity index (χ0) is 16.7. The molecule has 3 N–H and O–H groups in total. The van der Waals surface area contributed by atoms with E-state index in [2.05, 4.69) is 12.2 Å². The van der Waals surface area contributed by atoms with Gasteiger partial charge in [0.2, 0.25) is 0 Å². The molecule has 0 aromatic heterocycles. The second-order valence-corrected chi connectivity index (χ2v) is 6.59. The lowest BCUT2D eigenvalue weighted by Crippen LogP contribution is -1.97. The van der Waals surface area contributed by atoms with E-state index in [0.717, 1.165) is 6.54 Å². The van der Waals surface area contributed by atoms with Crippen LogP contribution in [0, 0.1) is 0 Å². The molecule has 0 radical (unpaired) electrons. The maximum Gasteiger partial charge on any atom is -0.00773 e. The molecule has 0 saturated carbocycles. The van der Waals surface area contributed by atoms with Crippen LogP contribution in [-0.4, -0.2) is 20.6 Å². The van der Waals surface area contributed by atoms with Crippen LogP contribution in [0.25, 0.3) is 0 Å². The Balaban J connectivity index is -0.000000920. The number of nitrogens with two attached hydrogens (primary N) is 1. The Morgan fingerprint density at radius 1 is 0.522 bits per heavy atom. The molecule has 3 heteroatoms. The molecule has 0 fully saturated rings. The molecule has 0 aliphatic carbocycles. The Morgan fingerprint density at radius 3 is 0.957 bits per heavy atom. The van der Waals surface area contributed by atoms with E-state index in [9.17, 15) is 0 Å². The summed E-state index contributed by atoms with van der Waals surface area (Å²) in [7, 11) is 3.75. The van der Waals surface area contributed by atoms with Crippen LogP contribution in [0.4, 0.5) is 0 Å². The number of halogens is 1. The standard InChI is InChI=1S/C18H39N.C2H7N.ClH/c1-2-3-4-5-6-7-8-9-10-11-12-13-14-15-16-17-18-19;1-3-2;/h2-19H2,1H3;3H,1-2H3;1H. The summed E-state index contributed by atoms with van der Waals surface area (Å²) in [6, 6.07) is 0. The Bertz CT molecular complexity index is 150. The summed E-state index contributed by atoms with van der Waals surface area (Å²) in [6.07, 6.45) is 22.9. The average Bonchev–Trinajstić information content (AvgIpc) is 2.52. The molecule has 0 aromatic carbocycles. The molecular weight excluding hydrogens is 304 g/mol. The van der Waals surface area contributed by atoms with Gasteiger partial charge in [-0.3, -0.25) is 0 Å². The highest BCUT2D eigenvalue weighted by molar-refractivity contribution is 5.85. The van der Waals surface area contributed by atoms with Crippen molar-refractivity contribution in [3.8, 4) is 0 Å². The minimum Gasteiger partial charge on any atom is -0.330 e. The highest BCUT2D eigenvalue weighted by Crippen LogP contribution is 2.13. The van der Waals surface area contributed by atoms with Crippen molar-refractivity contribution in [2.24, 2.45) is 5.73 Å². The van der Waals surface area contributed by atoms with E-state index >= 15 is 0 Å². The van der Waals surface area contributed by atoms with Crippen molar-refractivity contribution in [1.29, 1.82) is 0 Å². The van der Waals surface area contributed by atoms with E-state index in [1.54, 1.807) is 0 Å². The van der Waals surface area contributed by atoms with Gasteiger partial charge in [-0.15, -0.1) is 12.4 Å². The molecule has 0 amide bonds. The van der Waals surface area contributed by atoms with Gasteiger partial charge in [0.1, 0.15) is 0 Å². The number of hydrogen-bond acceptors (Lipinski definition) is 2. The van der Waals surface area contributed by atoms with Crippen molar-refractivity contribution in [3.05, 3.63) is 0 Å². The summed E-state index contributed by atoms with van der Waals surface area (Å²) in [4.78, 5) is 0. The highest BCUT2D eigenvalue weighted by Gasteiger charge is 1.94. The lowest BCUT2D eigenvalue weighted by molar-refractivity contribution is 0.530. The topological polar surface area (TPSA) is 38.0 Å². The number of unbranched alkanes of at least 4 members (excludes halogenated alkanes) is 15. The Morgan fingerprint density at radius 2 is 0.739 bits per heavy atom. The van der Waals surface area contributed by atoms with Gasteiger partial charge in [0.25, 0.3) is 0 Å². The van der Waals surface area contributed by atoms with Crippen LogP contribution >= 0.6 is 12.4 Å². The predicted molar refractivity (Wildman–Crippen MR) is 111 cm³/mol. The second-order valence-electron chi connectivity index (χ2n) is 6.59. The molecule has 2 nitrogen and oxygen atoms in total. The van der Waals surface area contributed by atoms with Gasteiger partial charge >= 0.3 is 0 Å². The molecule has 0 atom stereocenters. The highest BCUT2D eigenvalue weighted by atomic mass is 35.5. The maximum atomic E-state index is 5.48. The summed E-state index contributed by atoms with van der Waals surface area (Å²) >= 11 is 0. The van der Waals surface area contributed by atoms with Crippen LogP contribution in [0.3, 0.4) is 0 Å². The fraction of sp³-hybridized carbons (Fsp3) is 1.00. The fourth-order valence-electron chi connectivity index (χ4n) is 2.69. The zero-order valence-electron chi connectivity index (χ0n) is 16.5. The van der Waals surface area contributed by atoms with Gasteiger partial charge in [-0.2, -0.15) is 0 Å². The van der Waals surface area contributed by atoms with Crippen LogP contribution in [0.1, 0.15) is 110 Å². The SMILES string of the molecule is CCCCCCCCCCCCCCCCCCN.CNC.Cl. The summed E-state index contributed by atoms with van der Waals surface area (Å²) < 4.78 is 0. The van der Waals surface area contributed by atoms with Crippen LogP contribution in [0.2, 0.25) is 0 Å². The predicted octanol–water partition coefficient (Wildman–Crippen LogP) is 6.46. The molecule has 23 heavy (non-hydrogen) atoms. The molecule has 0 aliphatic rings. The zero-order valence-corrected chi connectivity index (χ0v) is 17.3. The molecular formula is C20H47ClN2. The minimum atomic E-state index is 0. The van der Waals surface area contributed by atoms with Crippen LogP contribution in [0.5, 0.6) is 0 Å². The first-order valence-corrected chi connectivity index (χ1v) is 10.1. The van der Waals surface area contributed by atoms with Crippen molar-refractivity contribution < 1.29 is 0 Å². The number of rotatable bonds is 16. The van der Waals surface area contributed by atoms with Crippen LogP contribution < -0.4 is 11.1 Å². The molecule has 0 saturated heterocycles. The third kappa shape index (κ3) is 34.5. The molecule has 0 aliphatic heterocycles. The minimum absolute atomic E-state index is 0. The quantitative estimate of drug-likeness (QED) is 0.313. The van der Waals surface area contributed by atoms with Crippen molar-refractivity contribution in [2.75, 3.05) is 20.6 Å². The van der Waals surface area contributed by atoms with E-state index in [1.165, 1.54) is 103 Å². The van der Waals surface area contributed by atoms with E-state index < -0.39 is 0 Å². The summed E-state index contributed by atoms with van der Waals surface area (Å²) in [5.41, 5.74) is 5.48. The third-order valence-electron chi connectivity index (χ3n) is 4.06. The molecule has 0 rings (SSSR count). The summed E-state index contributed by atoms with van der Waals surface area (Å²) in [5, 5.41) is 2.75. The van der Waals surface area contributed by atoms with Gasteiger partial charge < -0.3 is 11.1 Å². The Kier molecular flexibility index (Phi) is 36.7. The third-order valence-corrected chi connectivity index (χ3v) is 4.06. The lowest BCUT2D eigenvalue weighted by Gasteiger charge is -2.03.